The molecule has 0 saturated carbocycles. The highest BCUT2D eigenvalue weighted by Crippen LogP contribution is 2.25. The number of benzene rings is 1. The first kappa shape index (κ1) is 15.7. The highest BCUT2D eigenvalue weighted by molar-refractivity contribution is 7.10. The maximum Gasteiger partial charge on any atom is 0.234 e. The monoisotopic (exact) mass is 329 g/mol. The van der Waals surface area contributed by atoms with Gasteiger partial charge < -0.3 is 10.6 Å². The zero-order valence-electron chi connectivity index (χ0n) is 12.7. The van der Waals surface area contributed by atoms with E-state index in [0.29, 0.717) is 13.1 Å². The van der Waals surface area contributed by atoms with E-state index in [4.69, 9.17) is 0 Å². The highest BCUT2D eigenvalue weighted by atomic mass is 32.1. The van der Waals surface area contributed by atoms with Crippen molar-refractivity contribution in [1.29, 1.82) is 0 Å². The van der Waals surface area contributed by atoms with E-state index in [1.165, 1.54) is 0 Å². The standard InChI is InChI=1S/C17H19N3O2S/c21-15-11-20(9-8-18-15)12-16(22)19-17(14-7-4-10-23-14)13-5-2-1-3-6-13/h1-7,10,17H,8-9,11-12H2,(H,18,21)(H,19,22). The average Bonchev–Trinajstić information content (AvgIpc) is 3.07. The van der Waals surface area contributed by atoms with Crippen molar-refractivity contribution in [3.05, 3.63) is 58.3 Å². The topological polar surface area (TPSA) is 61.4 Å². The number of thiophene rings is 1. The van der Waals surface area contributed by atoms with Crippen LogP contribution in [0.1, 0.15) is 16.5 Å². The summed E-state index contributed by atoms with van der Waals surface area (Å²) < 4.78 is 0. The second-order valence-corrected chi connectivity index (χ2v) is 6.47. The number of piperazine rings is 1. The third-order valence-electron chi connectivity index (χ3n) is 3.75. The van der Waals surface area contributed by atoms with Gasteiger partial charge in [0, 0.05) is 18.0 Å². The molecule has 1 saturated heterocycles. The van der Waals surface area contributed by atoms with Crippen molar-refractivity contribution in [1.82, 2.24) is 15.5 Å². The summed E-state index contributed by atoms with van der Waals surface area (Å²) in [4.78, 5) is 26.8. The van der Waals surface area contributed by atoms with Crippen LogP contribution in [0.2, 0.25) is 0 Å². The molecule has 1 atom stereocenters. The molecule has 1 aromatic heterocycles. The molecular weight excluding hydrogens is 310 g/mol. The van der Waals surface area contributed by atoms with Crippen LogP contribution < -0.4 is 10.6 Å². The van der Waals surface area contributed by atoms with Crippen LogP contribution in [0.5, 0.6) is 0 Å². The quantitative estimate of drug-likeness (QED) is 0.871. The number of hydrogen-bond acceptors (Lipinski definition) is 4. The maximum absolute atomic E-state index is 12.4. The minimum Gasteiger partial charge on any atom is -0.354 e. The molecule has 0 radical (unpaired) electrons. The predicted molar refractivity (Wildman–Crippen MR) is 90.2 cm³/mol. The van der Waals surface area contributed by atoms with Crippen LogP contribution >= 0.6 is 11.3 Å². The first-order valence-corrected chi connectivity index (χ1v) is 8.47. The molecular formula is C17H19N3O2S. The van der Waals surface area contributed by atoms with Crippen LogP contribution in [0.4, 0.5) is 0 Å². The third-order valence-corrected chi connectivity index (χ3v) is 4.69. The molecule has 2 N–H and O–H groups in total. The van der Waals surface area contributed by atoms with Crippen LogP contribution in [-0.2, 0) is 9.59 Å². The number of nitrogens with one attached hydrogen (secondary N) is 2. The summed E-state index contributed by atoms with van der Waals surface area (Å²) in [6, 6.07) is 13.8. The zero-order chi connectivity index (χ0) is 16.1. The van der Waals surface area contributed by atoms with Crippen molar-refractivity contribution < 1.29 is 9.59 Å². The summed E-state index contributed by atoms with van der Waals surface area (Å²) in [5.41, 5.74) is 1.06. The largest absolute Gasteiger partial charge is 0.354 e. The molecule has 1 fully saturated rings. The van der Waals surface area contributed by atoms with Crippen LogP contribution in [-0.4, -0.2) is 42.9 Å². The lowest BCUT2D eigenvalue weighted by atomic mass is 10.1. The normalized spacial score (nSPS) is 16.6. The van der Waals surface area contributed by atoms with E-state index in [1.807, 2.05) is 52.7 Å². The number of amides is 2. The summed E-state index contributed by atoms with van der Waals surface area (Å²) in [6.07, 6.45) is 0. The molecule has 2 amide bonds. The lowest BCUT2D eigenvalue weighted by Crippen LogP contribution is -2.50. The number of nitrogens with zero attached hydrogens (tertiary/aromatic N) is 1. The second kappa shape index (κ2) is 7.39. The molecule has 2 heterocycles. The Hall–Kier alpha value is -2.18. The molecule has 1 aliphatic rings. The van der Waals surface area contributed by atoms with Gasteiger partial charge in [0.05, 0.1) is 19.1 Å². The van der Waals surface area contributed by atoms with Gasteiger partial charge in [-0.2, -0.15) is 0 Å². The Balaban J connectivity index is 1.69. The van der Waals surface area contributed by atoms with E-state index in [9.17, 15) is 9.59 Å². The molecule has 0 bridgehead atoms. The minimum absolute atomic E-state index is 0.0260. The van der Waals surface area contributed by atoms with Crippen molar-refractivity contribution >= 4 is 23.2 Å². The molecule has 23 heavy (non-hydrogen) atoms. The SMILES string of the molecule is O=C1CN(CC(=O)NC(c2ccccc2)c2cccs2)CCN1. The predicted octanol–water partition coefficient (Wildman–Crippen LogP) is 1.39. The van der Waals surface area contributed by atoms with E-state index < -0.39 is 0 Å². The van der Waals surface area contributed by atoms with Gasteiger partial charge in [0.2, 0.25) is 11.8 Å². The zero-order valence-corrected chi connectivity index (χ0v) is 13.5. The van der Waals surface area contributed by atoms with E-state index in [-0.39, 0.29) is 30.9 Å². The van der Waals surface area contributed by atoms with Crippen molar-refractivity contribution in [2.24, 2.45) is 0 Å². The first-order valence-electron chi connectivity index (χ1n) is 7.59. The van der Waals surface area contributed by atoms with Gasteiger partial charge in [-0.3, -0.25) is 14.5 Å². The van der Waals surface area contributed by atoms with Crippen LogP contribution in [0.25, 0.3) is 0 Å². The fourth-order valence-corrected chi connectivity index (χ4v) is 3.46. The first-order chi connectivity index (χ1) is 11.2. The Labute approximate surface area is 139 Å². The lowest BCUT2D eigenvalue weighted by Gasteiger charge is -2.27. The van der Waals surface area contributed by atoms with Gasteiger partial charge >= 0.3 is 0 Å². The van der Waals surface area contributed by atoms with Gasteiger partial charge in [-0.05, 0) is 17.0 Å². The van der Waals surface area contributed by atoms with E-state index >= 15 is 0 Å². The number of carbonyl (C=O) groups excluding carboxylic acids is 2. The van der Waals surface area contributed by atoms with E-state index in [2.05, 4.69) is 10.6 Å². The van der Waals surface area contributed by atoms with Crippen molar-refractivity contribution in [3.63, 3.8) is 0 Å². The van der Waals surface area contributed by atoms with Crippen molar-refractivity contribution in [2.45, 2.75) is 6.04 Å². The maximum atomic E-state index is 12.4. The number of hydrogen-bond donors (Lipinski definition) is 2. The molecule has 2 aromatic rings. The smallest absolute Gasteiger partial charge is 0.234 e. The van der Waals surface area contributed by atoms with Gasteiger partial charge in [0.15, 0.2) is 0 Å². The number of rotatable bonds is 5. The van der Waals surface area contributed by atoms with Gasteiger partial charge in [0.25, 0.3) is 0 Å². The van der Waals surface area contributed by atoms with Gasteiger partial charge in [0.1, 0.15) is 0 Å². The van der Waals surface area contributed by atoms with Crippen molar-refractivity contribution in [3.8, 4) is 0 Å². The molecule has 0 spiro atoms. The van der Waals surface area contributed by atoms with Crippen LogP contribution in [0.3, 0.4) is 0 Å². The summed E-state index contributed by atoms with van der Waals surface area (Å²) >= 11 is 1.62. The Morgan fingerprint density at radius 2 is 2.09 bits per heavy atom. The molecule has 1 unspecified atom stereocenters. The molecule has 120 valence electrons. The summed E-state index contributed by atoms with van der Waals surface area (Å²) in [5.74, 6) is -0.0936. The fourth-order valence-electron chi connectivity index (χ4n) is 2.66. The van der Waals surface area contributed by atoms with E-state index in [1.54, 1.807) is 11.3 Å². The van der Waals surface area contributed by atoms with Crippen LogP contribution in [0.15, 0.2) is 47.8 Å². The van der Waals surface area contributed by atoms with E-state index in [0.717, 1.165) is 10.4 Å². The Kier molecular flexibility index (Phi) is 5.05. The van der Waals surface area contributed by atoms with Gasteiger partial charge in [-0.1, -0.05) is 36.4 Å². The summed E-state index contributed by atoms with van der Waals surface area (Å²) in [7, 11) is 0. The molecule has 3 rings (SSSR count). The summed E-state index contributed by atoms with van der Waals surface area (Å²) in [6.45, 7) is 1.82. The lowest BCUT2D eigenvalue weighted by molar-refractivity contribution is -0.127. The molecule has 5 nitrogen and oxygen atoms in total. The Bertz CT molecular complexity index is 658. The Morgan fingerprint density at radius 3 is 2.78 bits per heavy atom. The average molecular weight is 329 g/mol. The second-order valence-electron chi connectivity index (χ2n) is 5.49. The molecule has 1 aromatic carbocycles. The fraction of sp³-hybridized carbons (Fsp3) is 0.294. The summed E-state index contributed by atoms with van der Waals surface area (Å²) in [5, 5.41) is 7.87. The Morgan fingerprint density at radius 1 is 1.26 bits per heavy atom. The number of carbonyl (C=O) groups is 2. The minimum atomic E-state index is -0.151. The van der Waals surface area contributed by atoms with Crippen molar-refractivity contribution in [2.75, 3.05) is 26.2 Å². The molecule has 6 heteroatoms. The van der Waals surface area contributed by atoms with Gasteiger partial charge in [-0.15, -0.1) is 11.3 Å². The molecule has 0 aliphatic carbocycles. The van der Waals surface area contributed by atoms with Crippen LogP contribution in [0, 0.1) is 0 Å². The molecule has 1 aliphatic heterocycles. The van der Waals surface area contributed by atoms with Gasteiger partial charge in [-0.25, -0.2) is 0 Å². The third kappa shape index (κ3) is 4.18. The highest BCUT2D eigenvalue weighted by Gasteiger charge is 2.22.